The molecule has 1 saturated heterocycles. The van der Waals surface area contributed by atoms with Gasteiger partial charge in [-0.25, -0.2) is 4.98 Å². The van der Waals surface area contributed by atoms with Crippen LogP contribution in [0.4, 0.5) is 0 Å². The summed E-state index contributed by atoms with van der Waals surface area (Å²) in [7, 11) is 0. The van der Waals surface area contributed by atoms with Crippen molar-refractivity contribution in [3.8, 4) is 0 Å². The molecule has 1 aromatic heterocycles. The number of hydrogen-bond donors (Lipinski definition) is 2. The van der Waals surface area contributed by atoms with Gasteiger partial charge in [-0.05, 0) is 44.0 Å². The molecular formula is C17H26N4. The Labute approximate surface area is 126 Å². The Morgan fingerprint density at radius 1 is 1.38 bits per heavy atom. The van der Waals surface area contributed by atoms with Gasteiger partial charge in [0, 0.05) is 12.6 Å². The maximum absolute atomic E-state index is 4.69. The van der Waals surface area contributed by atoms with E-state index in [1.54, 1.807) is 0 Å². The predicted octanol–water partition coefficient (Wildman–Crippen LogP) is 2.77. The van der Waals surface area contributed by atoms with Gasteiger partial charge in [-0.2, -0.15) is 0 Å². The fraction of sp³-hybridized carbons (Fsp3) is 0.588. The van der Waals surface area contributed by atoms with Gasteiger partial charge in [-0.15, -0.1) is 0 Å². The standard InChI is InChI=1S/C17H26N4/c1-13(2)18-10-14-6-5-9-21(11-14)12-17-19-15-7-3-4-8-16(15)20-17/h3-4,7-8,13-14,18H,5-6,9-12H2,1-2H3,(H,19,20). The first-order chi connectivity index (χ1) is 10.2. The number of fused-ring (bicyclic) bond motifs is 1. The summed E-state index contributed by atoms with van der Waals surface area (Å²) in [6.07, 6.45) is 2.64. The molecular weight excluding hydrogens is 260 g/mol. The minimum Gasteiger partial charge on any atom is -0.341 e. The molecule has 0 saturated carbocycles. The molecule has 114 valence electrons. The molecule has 4 nitrogen and oxygen atoms in total. The van der Waals surface area contributed by atoms with Gasteiger partial charge in [0.2, 0.25) is 0 Å². The number of aromatic amines is 1. The van der Waals surface area contributed by atoms with Crippen LogP contribution in [0.3, 0.4) is 0 Å². The smallest absolute Gasteiger partial charge is 0.121 e. The molecule has 2 N–H and O–H groups in total. The molecule has 0 spiro atoms. The first-order valence-electron chi connectivity index (χ1n) is 8.10. The van der Waals surface area contributed by atoms with Crippen molar-refractivity contribution < 1.29 is 0 Å². The molecule has 2 aromatic rings. The first-order valence-corrected chi connectivity index (χ1v) is 8.10. The summed E-state index contributed by atoms with van der Waals surface area (Å²) in [6, 6.07) is 8.84. The van der Waals surface area contributed by atoms with Crippen molar-refractivity contribution in [3.05, 3.63) is 30.1 Å². The van der Waals surface area contributed by atoms with E-state index in [0.717, 1.165) is 35.9 Å². The summed E-state index contributed by atoms with van der Waals surface area (Å²) in [5, 5.41) is 3.57. The predicted molar refractivity (Wildman–Crippen MR) is 87.2 cm³/mol. The summed E-state index contributed by atoms with van der Waals surface area (Å²) >= 11 is 0. The molecule has 1 aliphatic rings. The van der Waals surface area contributed by atoms with Crippen LogP contribution in [0.1, 0.15) is 32.5 Å². The molecule has 2 heterocycles. The molecule has 0 radical (unpaired) electrons. The van der Waals surface area contributed by atoms with Crippen LogP contribution < -0.4 is 5.32 Å². The lowest BCUT2D eigenvalue weighted by atomic mass is 9.98. The van der Waals surface area contributed by atoms with Crippen molar-refractivity contribution >= 4 is 11.0 Å². The van der Waals surface area contributed by atoms with Crippen molar-refractivity contribution in [3.63, 3.8) is 0 Å². The van der Waals surface area contributed by atoms with E-state index in [2.05, 4.69) is 47.2 Å². The number of para-hydroxylation sites is 2. The molecule has 1 fully saturated rings. The number of hydrogen-bond acceptors (Lipinski definition) is 3. The Hall–Kier alpha value is -1.39. The van der Waals surface area contributed by atoms with Gasteiger partial charge in [-0.3, -0.25) is 4.90 Å². The lowest BCUT2D eigenvalue weighted by molar-refractivity contribution is 0.161. The fourth-order valence-electron chi connectivity index (χ4n) is 3.16. The second-order valence-electron chi connectivity index (χ2n) is 6.51. The quantitative estimate of drug-likeness (QED) is 0.888. The highest BCUT2D eigenvalue weighted by Gasteiger charge is 2.20. The molecule has 0 bridgehead atoms. The van der Waals surface area contributed by atoms with Crippen LogP contribution in [0.15, 0.2) is 24.3 Å². The second kappa shape index (κ2) is 6.58. The molecule has 21 heavy (non-hydrogen) atoms. The van der Waals surface area contributed by atoms with Crippen LogP contribution in [0.2, 0.25) is 0 Å². The van der Waals surface area contributed by atoms with E-state index in [1.807, 2.05) is 6.07 Å². The zero-order chi connectivity index (χ0) is 14.7. The van der Waals surface area contributed by atoms with Gasteiger partial charge in [0.15, 0.2) is 0 Å². The van der Waals surface area contributed by atoms with E-state index in [0.29, 0.717) is 6.04 Å². The van der Waals surface area contributed by atoms with E-state index >= 15 is 0 Å². The van der Waals surface area contributed by atoms with Crippen molar-refractivity contribution in [2.24, 2.45) is 5.92 Å². The van der Waals surface area contributed by atoms with E-state index in [4.69, 9.17) is 4.98 Å². The monoisotopic (exact) mass is 286 g/mol. The highest BCUT2D eigenvalue weighted by Crippen LogP contribution is 2.18. The van der Waals surface area contributed by atoms with Crippen LogP contribution in [0.5, 0.6) is 0 Å². The molecule has 1 atom stereocenters. The number of rotatable bonds is 5. The molecule has 0 aliphatic carbocycles. The molecule has 1 aromatic carbocycles. The average Bonchev–Trinajstić information content (AvgIpc) is 2.87. The highest BCUT2D eigenvalue weighted by atomic mass is 15.2. The summed E-state index contributed by atoms with van der Waals surface area (Å²) in [6.45, 7) is 8.87. The van der Waals surface area contributed by atoms with Crippen LogP contribution in [0.25, 0.3) is 11.0 Å². The van der Waals surface area contributed by atoms with Gasteiger partial charge in [0.05, 0.1) is 17.6 Å². The normalized spacial score (nSPS) is 20.4. The largest absolute Gasteiger partial charge is 0.341 e. The zero-order valence-electron chi connectivity index (χ0n) is 13.1. The Morgan fingerprint density at radius 2 is 2.24 bits per heavy atom. The average molecular weight is 286 g/mol. The van der Waals surface area contributed by atoms with E-state index in [1.165, 1.54) is 25.9 Å². The van der Waals surface area contributed by atoms with Crippen molar-refractivity contribution in [1.29, 1.82) is 0 Å². The SMILES string of the molecule is CC(C)NCC1CCCN(Cc2nc3ccccc3[nH]2)C1. The third-order valence-corrected chi connectivity index (χ3v) is 4.23. The Morgan fingerprint density at radius 3 is 3.05 bits per heavy atom. The molecule has 1 unspecified atom stereocenters. The van der Waals surface area contributed by atoms with Crippen molar-refractivity contribution in [1.82, 2.24) is 20.2 Å². The number of benzene rings is 1. The topological polar surface area (TPSA) is 44.0 Å². The maximum atomic E-state index is 4.69. The van der Waals surface area contributed by atoms with Crippen LogP contribution in [-0.2, 0) is 6.54 Å². The maximum Gasteiger partial charge on any atom is 0.121 e. The van der Waals surface area contributed by atoms with Gasteiger partial charge in [-0.1, -0.05) is 26.0 Å². The number of piperidine rings is 1. The van der Waals surface area contributed by atoms with Crippen molar-refractivity contribution in [2.45, 2.75) is 39.3 Å². The van der Waals surface area contributed by atoms with Gasteiger partial charge < -0.3 is 10.3 Å². The number of imidazole rings is 1. The third-order valence-electron chi connectivity index (χ3n) is 4.23. The minimum absolute atomic E-state index is 0.579. The summed E-state index contributed by atoms with van der Waals surface area (Å²) < 4.78 is 0. The number of H-pyrrole nitrogens is 1. The number of nitrogens with one attached hydrogen (secondary N) is 2. The van der Waals surface area contributed by atoms with E-state index in [9.17, 15) is 0 Å². The van der Waals surface area contributed by atoms with E-state index < -0.39 is 0 Å². The minimum atomic E-state index is 0.579. The number of likely N-dealkylation sites (tertiary alicyclic amines) is 1. The highest BCUT2D eigenvalue weighted by molar-refractivity contribution is 5.74. The molecule has 1 aliphatic heterocycles. The van der Waals surface area contributed by atoms with Gasteiger partial charge >= 0.3 is 0 Å². The van der Waals surface area contributed by atoms with Crippen molar-refractivity contribution in [2.75, 3.05) is 19.6 Å². The lowest BCUT2D eigenvalue weighted by Gasteiger charge is -2.32. The van der Waals surface area contributed by atoms with Gasteiger partial charge in [0.1, 0.15) is 5.82 Å². The fourth-order valence-corrected chi connectivity index (χ4v) is 3.16. The summed E-state index contributed by atoms with van der Waals surface area (Å²) in [5.41, 5.74) is 2.21. The summed E-state index contributed by atoms with van der Waals surface area (Å²) in [4.78, 5) is 10.7. The van der Waals surface area contributed by atoms with Crippen LogP contribution in [-0.4, -0.2) is 40.5 Å². The second-order valence-corrected chi connectivity index (χ2v) is 6.51. The lowest BCUT2D eigenvalue weighted by Crippen LogP contribution is -2.40. The first kappa shape index (κ1) is 14.5. The van der Waals surface area contributed by atoms with Gasteiger partial charge in [0.25, 0.3) is 0 Å². The third kappa shape index (κ3) is 3.83. The molecule has 4 heteroatoms. The Bertz CT molecular complexity index is 542. The van der Waals surface area contributed by atoms with E-state index in [-0.39, 0.29) is 0 Å². The van der Waals surface area contributed by atoms with Crippen LogP contribution in [0, 0.1) is 5.92 Å². The molecule has 3 rings (SSSR count). The molecule has 0 amide bonds. The summed E-state index contributed by atoms with van der Waals surface area (Å²) in [5.74, 6) is 1.86. The van der Waals surface area contributed by atoms with Crippen LogP contribution >= 0.6 is 0 Å². The number of aromatic nitrogens is 2. The Kier molecular flexibility index (Phi) is 4.56. The zero-order valence-corrected chi connectivity index (χ0v) is 13.1. The number of nitrogens with zero attached hydrogens (tertiary/aromatic N) is 2. The Balaban J connectivity index is 1.59.